The molecule has 1 atom stereocenters. The Labute approximate surface area is 128 Å². The summed E-state index contributed by atoms with van der Waals surface area (Å²) in [6.45, 7) is 4.15. The van der Waals surface area contributed by atoms with Crippen molar-refractivity contribution in [2.75, 3.05) is 0 Å². The number of benzene rings is 1. The van der Waals surface area contributed by atoms with E-state index in [1.807, 2.05) is 16.9 Å². The predicted octanol–water partition coefficient (Wildman–Crippen LogP) is 4.00. The lowest BCUT2D eigenvalue weighted by molar-refractivity contribution is -0.117. The summed E-state index contributed by atoms with van der Waals surface area (Å²) in [4.78, 5) is 12.1. The van der Waals surface area contributed by atoms with E-state index in [1.54, 1.807) is 6.07 Å². The maximum absolute atomic E-state index is 13.6. The zero-order valence-electron chi connectivity index (χ0n) is 12.1. The highest BCUT2D eigenvalue weighted by molar-refractivity contribution is 6.31. The summed E-state index contributed by atoms with van der Waals surface area (Å²) in [7, 11) is 0. The van der Waals surface area contributed by atoms with E-state index in [4.69, 9.17) is 11.6 Å². The third-order valence-corrected chi connectivity index (χ3v) is 3.87. The van der Waals surface area contributed by atoms with Gasteiger partial charge < -0.3 is 0 Å². The molecule has 1 unspecified atom stereocenters. The van der Waals surface area contributed by atoms with E-state index >= 15 is 0 Å². The van der Waals surface area contributed by atoms with Gasteiger partial charge in [-0.3, -0.25) is 9.48 Å². The lowest BCUT2D eigenvalue weighted by Gasteiger charge is -2.08. The predicted molar refractivity (Wildman–Crippen MR) is 81.1 cm³/mol. The van der Waals surface area contributed by atoms with Gasteiger partial charge >= 0.3 is 0 Å². The first kappa shape index (κ1) is 15.7. The van der Waals surface area contributed by atoms with Crippen molar-refractivity contribution in [1.82, 2.24) is 9.78 Å². The minimum absolute atomic E-state index is 0.0122. The third-order valence-electron chi connectivity index (χ3n) is 3.52. The molecule has 0 bridgehead atoms. The van der Waals surface area contributed by atoms with Crippen molar-refractivity contribution in [1.29, 1.82) is 0 Å². The number of aromatic nitrogens is 2. The molecular weight excluding hydrogens is 291 g/mol. The van der Waals surface area contributed by atoms with Crippen LogP contribution in [0, 0.1) is 5.82 Å². The van der Waals surface area contributed by atoms with Crippen LogP contribution in [0.2, 0.25) is 5.02 Å². The normalized spacial score (nSPS) is 12.4. The molecule has 0 amide bonds. The zero-order chi connectivity index (χ0) is 15.4. The summed E-state index contributed by atoms with van der Waals surface area (Å²) in [5, 5.41) is 4.66. The average molecular weight is 309 g/mol. The summed E-state index contributed by atoms with van der Waals surface area (Å²) in [6, 6.07) is 6.55. The van der Waals surface area contributed by atoms with Crippen molar-refractivity contribution in [3.8, 4) is 0 Å². The number of carbonyl (C=O) groups is 1. The van der Waals surface area contributed by atoms with Gasteiger partial charge in [0.25, 0.3) is 0 Å². The first-order valence-electron chi connectivity index (χ1n) is 7.00. The van der Waals surface area contributed by atoms with Gasteiger partial charge in [-0.2, -0.15) is 5.10 Å². The van der Waals surface area contributed by atoms with Crippen molar-refractivity contribution in [3.63, 3.8) is 0 Å². The molecule has 2 rings (SSSR count). The molecule has 112 valence electrons. The minimum Gasteiger partial charge on any atom is -0.299 e. The number of rotatable bonds is 6. The Morgan fingerprint density at radius 3 is 2.81 bits per heavy atom. The van der Waals surface area contributed by atoms with Gasteiger partial charge in [-0.15, -0.1) is 0 Å². The van der Waals surface area contributed by atoms with Gasteiger partial charge in [0.2, 0.25) is 0 Å². The van der Waals surface area contributed by atoms with Gasteiger partial charge in [0.05, 0.1) is 12.1 Å². The van der Waals surface area contributed by atoms with Crippen LogP contribution < -0.4 is 0 Å². The first-order valence-corrected chi connectivity index (χ1v) is 7.37. The van der Waals surface area contributed by atoms with Crippen LogP contribution in [0.15, 0.2) is 30.5 Å². The van der Waals surface area contributed by atoms with E-state index < -0.39 is 5.82 Å². The molecule has 5 heteroatoms. The minimum atomic E-state index is -0.444. The summed E-state index contributed by atoms with van der Waals surface area (Å²) >= 11 is 5.93. The molecule has 0 saturated carbocycles. The second-order valence-corrected chi connectivity index (χ2v) is 5.54. The Morgan fingerprint density at radius 2 is 2.14 bits per heavy atom. The third kappa shape index (κ3) is 3.91. The topological polar surface area (TPSA) is 34.9 Å². The number of ketones is 1. The summed E-state index contributed by atoms with van der Waals surface area (Å²) in [6.07, 6.45) is 3.02. The van der Waals surface area contributed by atoms with Crippen LogP contribution in [0.5, 0.6) is 0 Å². The molecule has 0 N–H and O–H groups in total. The van der Waals surface area contributed by atoms with E-state index in [2.05, 4.69) is 18.9 Å². The maximum atomic E-state index is 13.6. The highest BCUT2D eigenvalue weighted by Crippen LogP contribution is 2.20. The molecule has 0 radical (unpaired) electrons. The van der Waals surface area contributed by atoms with E-state index in [9.17, 15) is 9.18 Å². The molecule has 0 aliphatic carbocycles. The largest absolute Gasteiger partial charge is 0.299 e. The van der Waals surface area contributed by atoms with Crippen molar-refractivity contribution in [2.45, 2.75) is 39.2 Å². The number of carbonyl (C=O) groups excluding carboxylic acids is 1. The molecule has 0 aliphatic heterocycles. The molecule has 1 aromatic heterocycles. The lowest BCUT2D eigenvalue weighted by Crippen LogP contribution is -2.10. The van der Waals surface area contributed by atoms with Crippen LogP contribution in [0.3, 0.4) is 0 Å². The highest BCUT2D eigenvalue weighted by atomic mass is 35.5. The van der Waals surface area contributed by atoms with Gasteiger partial charge in [0.15, 0.2) is 0 Å². The van der Waals surface area contributed by atoms with Gasteiger partial charge in [0, 0.05) is 29.2 Å². The number of nitrogens with zero attached hydrogens (tertiary/aromatic N) is 2. The fourth-order valence-corrected chi connectivity index (χ4v) is 2.30. The average Bonchev–Trinajstić information content (AvgIpc) is 2.90. The Hall–Kier alpha value is -1.68. The van der Waals surface area contributed by atoms with E-state index in [-0.39, 0.29) is 29.2 Å². The SMILES string of the molecule is CCC(C)n1ccc(CC(=O)Cc2c(F)cccc2Cl)n1. The van der Waals surface area contributed by atoms with Crippen LogP contribution >= 0.6 is 11.6 Å². The number of Topliss-reactive ketones (excluding diaryl/α,β-unsaturated/α-hetero) is 1. The lowest BCUT2D eigenvalue weighted by atomic mass is 10.1. The number of hydrogen-bond donors (Lipinski definition) is 0. The molecular formula is C16H18ClFN2O. The molecule has 0 fully saturated rings. The van der Waals surface area contributed by atoms with E-state index in [0.29, 0.717) is 11.7 Å². The molecule has 21 heavy (non-hydrogen) atoms. The standard InChI is InChI=1S/C16H18ClFN2O/c1-3-11(2)20-8-7-12(19-20)9-13(21)10-14-15(17)5-4-6-16(14)18/h4-8,11H,3,9-10H2,1-2H3. The van der Waals surface area contributed by atoms with Crippen LogP contribution in [0.25, 0.3) is 0 Å². The van der Waals surface area contributed by atoms with Gasteiger partial charge in [-0.25, -0.2) is 4.39 Å². The summed E-state index contributed by atoms with van der Waals surface area (Å²) in [5.41, 5.74) is 0.957. The highest BCUT2D eigenvalue weighted by Gasteiger charge is 2.14. The van der Waals surface area contributed by atoms with Crippen LogP contribution in [-0.4, -0.2) is 15.6 Å². The van der Waals surface area contributed by atoms with E-state index in [0.717, 1.165) is 6.42 Å². The van der Waals surface area contributed by atoms with Crippen LogP contribution in [-0.2, 0) is 17.6 Å². The monoisotopic (exact) mass is 308 g/mol. The molecule has 0 spiro atoms. The smallest absolute Gasteiger partial charge is 0.143 e. The Kier molecular flexibility index (Phi) is 5.12. The second kappa shape index (κ2) is 6.85. The summed E-state index contributed by atoms with van der Waals surface area (Å²) < 4.78 is 15.5. The molecule has 2 aromatic rings. The number of halogens is 2. The summed E-state index contributed by atoms with van der Waals surface area (Å²) in [5.74, 6) is -0.544. The first-order chi connectivity index (χ1) is 10.0. The molecule has 0 saturated heterocycles. The fraction of sp³-hybridized carbons (Fsp3) is 0.375. The van der Waals surface area contributed by atoms with Gasteiger partial charge in [-0.1, -0.05) is 24.6 Å². The van der Waals surface area contributed by atoms with Gasteiger partial charge in [-0.05, 0) is 31.5 Å². The molecule has 1 aromatic carbocycles. The Balaban J connectivity index is 2.03. The van der Waals surface area contributed by atoms with Crippen LogP contribution in [0.4, 0.5) is 4.39 Å². The maximum Gasteiger partial charge on any atom is 0.143 e. The van der Waals surface area contributed by atoms with Crippen molar-refractivity contribution < 1.29 is 9.18 Å². The Morgan fingerprint density at radius 1 is 1.38 bits per heavy atom. The molecule has 1 heterocycles. The number of hydrogen-bond acceptors (Lipinski definition) is 2. The van der Waals surface area contributed by atoms with Crippen molar-refractivity contribution >= 4 is 17.4 Å². The fourth-order valence-electron chi connectivity index (χ4n) is 2.07. The van der Waals surface area contributed by atoms with Crippen molar-refractivity contribution in [3.05, 3.63) is 52.6 Å². The molecule has 3 nitrogen and oxygen atoms in total. The van der Waals surface area contributed by atoms with Gasteiger partial charge in [0.1, 0.15) is 11.6 Å². The second-order valence-electron chi connectivity index (χ2n) is 5.14. The molecule has 0 aliphatic rings. The Bertz CT molecular complexity index is 619. The quantitative estimate of drug-likeness (QED) is 0.808. The van der Waals surface area contributed by atoms with E-state index in [1.165, 1.54) is 12.1 Å². The van der Waals surface area contributed by atoms with Crippen molar-refractivity contribution in [2.24, 2.45) is 0 Å². The zero-order valence-corrected chi connectivity index (χ0v) is 12.9. The van der Waals surface area contributed by atoms with Crippen LogP contribution in [0.1, 0.15) is 37.6 Å².